The number of benzene rings is 1. The monoisotopic (exact) mass is 393 g/mol. The second-order valence-corrected chi connectivity index (χ2v) is 8.03. The highest BCUT2D eigenvalue weighted by atomic mass is 16.5. The van der Waals surface area contributed by atoms with Gasteiger partial charge in [-0.25, -0.2) is 14.6 Å². The molecule has 2 aromatic heterocycles. The molecule has 0 spiro atoms. The molecule has 1 aromatic carbocycles. The van der Waals surface area contributed by atoms with Gasteiger partial charge >= 0.3 is 0 Å². The van der Waals surface area contributed by atoms with E-state index in [0.717, 1.165) is 34.1 Å². The van der Waals surface area contributed by atoms with E-state index in [1.807, 2.05) is 12.1 Å². The van der Waals surface area contributed by atoms with Gasteiger partial charge in [0, 0.05) is 18.3 Å². The highest BCUT2D eigenvalue weighted by Crippen LogP contribution is 2.28. The molecule has 1 fully saturated rings. The Kier molecular flexibility index (Phi) is 5.60. The van der Waals surface area contributed by atoms with Crippen LogP contribution in [0.2, 0.25) is 0 Å². The molecule has 0 saturated heterocycles. The van der Waals surface area contributed by atoms with Gasteiger partial charge in [-0.1, -0.05) is 31.4 Å². The fraction of sp³-hybridized carbons (Fsp3) is 0.478. The van der Waals surface area contributed by atoms with E-state index in [1.54, 1.807) is 7.11 Å². The molecular weight excluding hydrogens is 362 g/mol. The van der Waals surface area contributed by atoms with Crippen LogP contribution in [0.5, 0.6) is 5.75 Å². The quantitative estimate of drug-likeness (QED) is 0.626. The second kappa shape index (κ2) is 8.31. The third-order valence-corrected chi connectivity index (χ3v) is 5.98. The Morgan fingerprint density at radius 2 is 1.76 bits per heavy atom. The number of imidazole rings is 1. The van der Waals surface area contributed by atoms with Gasteiger partial charge in [0.25, 0.3) is 0 Å². The number of aromatic nitrogens is 3. The first-order valence-electron chi connectivity index (χ1n) is 10.6. The van der Waals surface area contributed by atoms with Crippen LogP contribution in [0.4, 0.5) is 5.82 Å². The summed E-state index contributed by atoms with van der Waals surface area (Å²) < 4.78 is 7.43. The van der Waals surface area contributed by atoms with Crippen molar-refractivity contribution >= 4 is 16.9 Å². The Labute approximate surface area is 172 Å². The molecule has 1 saturated carbocycles. The smallest absolute Gasteiger partial charge is 0.154 e. The van der Waals surface area contributed by atoms with Gasteiger partial charge in [0.2, 0.25) is 0 Å². The van der Waals surface area contributed by atoms with E-state index >= 15 is 0 Å². The zero-order valence-electron chi connectivity index (χ0n) is 17.9. The molecule has 6 nitrogen and oxygen atoms in total. The van der Waals surface area contributed by atoms with Crippen LogP contribution in [0.1, 0.15) is 54.7 Å². The van der Waals surface area contributed by atoms with Crippen molar-refractivity contribution in [3.05, 3.63) is 46.9 Å². The standard InChI is InChI=1S/C23H31N5O/c1-15-16(2)25-23(24-14-18-10-12-20(29-4)13-11-18)21-22(15)28(17(3)26-21)27-19-8-6-5-7-9-19/h10-13,19,27H,5-9,14H2,1-4H3,(H,24,25). The van der Waals surface area contributed by atoms with Gasteiger partial charge in [-0.3, -0.25) is 0 Å². The Morgan fingerprint density at radius 1 is 1.03 bits per heavy atom. The summed E-state index contributed by atoms with van der Waals surface area (Å²) in [5.74, 6) is 2.68. The molecule has 0 bridgehead atoms. The molecule has 2 heterocycles. The predicted octanol–water partition coefficient (Wildman–Crippen LogP) is 4.85. The van der Waals surface area contributed by atoms with Gasteiger partial charge in [-0.05, 0) is 56.9 Å². The zero-order valence-corrected chi connectivity index (χ0v) is 17.9. The lowest BCUT2D eigenvalue weighted by Gasteiger charge is -2.25. The van der Waals surface area contributed by atoms with Crippen molar-refractivity contribution in [3.8, 4) is 5.75 Å². The summed E-state index contributed by atoms with van der Waals surface area (Å²) in [5, 5.41) is 3.50. The van der Waals surface area contributed by atoms with Crippen LogP contribution in [0.25, 0.3) is 11.0 Å². The summed E-state index contributed by atoms with van der Waals surface area (Å²) in [7, 11) is 1.68. The first kappa shape index (κ1) is 19.6. The number of fused-ring (bicyclic) bond motifs is 1. The topological polar surface area (TPSA) is 64.0 Å². The fourth-order valence-corrected chi connectivity index (χ4v) is 4.14. The van der Waals surface area contributed by atoms with E-state index in [9.17, 15) is 0 Å². The van der Waals surface area contributed by atoms with E-state index in [4.69, 9.17) is 14.7 Å². The fourth-order valence-electron chi connectivity index (χ4n) is 4.14. The summed E-state index contributed by atoms with van der Waals surface area (Å²) in [4.78, 5) is 9.69. The largest absolute Gasteiger partial charge is 0.497 e. The Hall–Kier alpha value is -2.76. The van der Waals surface area contributed by atoms with E-state index in [0.29, 0.717) is 12.6 Å². The lowest BCUT2D eigenvalue weighted by Crippen LogP contribution is -2.30. The maximum atomic E-state index is 5.24. The van der Waals surface area contributed by atoms with Crippen LogP contribution in [-0.4, -0.2) is 27.8 Å². The summed E-state index contributed by atoms with van der Waals surface area (Å²) in [5.41, 5.74) is 9.19. The van der Waals surface area contributed by atoms with Crippen LogP contribution in [0, 0.1) is 20.8 Å². The molecule has 0 aliphatic heterocycles. The number of nitrogens with one attached hydrogen (secondary N) is 2. The molecule has 154 valence electrons. The number of hydrogen-bond acceptors (Lipinski definition) is 5. The molecule has 0 unspecified atom stereocenters. The van der Waals surface area contributed by atoms with Gasteiger partial charge in [0.15, 0.2) is 5.82 Å². The maximum Gasteiger partial charge on any atom is 0.154 e. The Bertz CT molecular complexity index is 987. The van der Waals surface area contributed by atoms with Crippen LogP contribution in [0.3, 0.4) is 0 Å². The third-order valence-electron chi connectivity index (χ3n) is 5.98. The number of aryl methyl sites for hydroxylation is 3. The number of ether oxygens (including phenoxy) is 1. The number of pyridine rings is 1. The number of nitrogens with zero attached hydrogens (tertiary/aromatic N) is 3. The molecule has 0 radical (unpaired) electrons. The van der Waals surface area contributed by atoms with Gasteiger partial charge < -0.3 is 15.5 Å². The maximum absolute atomic E-state index is 5.24. The molecule has 3 aromatic rings. The van der Waals surface area contributed by atoms with Crippen molar-refractivity contribution in [2.24, 2.45) is 0 Å². The molecule has 0 atom stereocenters. The number of anilines is 1. The summed E-state index contributed by atoms with van der Waals surface area (Å²) in [6.45, 7) is 6.97. The minimum atomic E-state index is 0.517. The van der Waals surface area contributed by atoms with E-state index in [2.05, 4.69) is 48.3 Å². The van der Waals surface area contributed by atoms with Gasteiger partial charge in [0.05, 0.1) is 12.6 Å². The van der Waals surface area contributed by atoms with Crippen molar-refractivity contribution in [2.45, 2.75) is 65.5 Å². The SMILES string of the molecule is COc1ccc(CNc2nc(C)c(C)c3c2nc(C)n3NC2CCCCC2)cc1. The van der Waals surface area contributed by atoms with Crippen LogP contribution >= 0.6 is 0 Å². The van der Waals surface area contributed by atoms with Crippen molar-refractivity contribution in [1.29, 1.82) is 0 Å². The molecule has 2 N–H and O–H groups in total. The van der Waals surface area contributed by atoms with Crippen LogP contribution in [0.15, 0.2) is 24.3 Å². The Balaban J connectivity index is 1.63. The van der Waals surface area contributed by atoms with Crippen molar-refractivity contribution in [3.63, 3.8) is 0 Å². The second-order valence-electron chi connectivity index (χ2n) is 8.03. The number of rotatable bonds is 6. The first-order valence-corrected chi connectivity index (χ1v) is 10.6. The zero-order chi connectivity index (χ0) is 20.4. The predicted molar refractivity (Wildman–Crippen MR) is 118 cm³/mol. The third kappa shape index (κ3) is 4.02. The highest BCUT2D eigenvalue weighted by molar-refractivity contribution is 5.89. The summed E-state index contributed by atoms with van der Waals surface area (Å²) in [6, 6.07) is 8.61. The minimum Gasteiger partial charge on any atom is -0.497 e. The normalized spacial score (nSPS) is 14.9. The highest BCUT2D eigenvalue weighted by Gasteiger charge is 2.20. The summed E-state index contributed by atoms with van der Waals surface area (Å²) in [6.07, 6.45) is 6.41. The lowest BCUT2D eigenvalue weighted by atomic mass is 9.96. The molecule has 1 aliphatic carbocycles. The number of methoxy groups -OCH3 is 1. The van der Waals surface area contributed by atoms with Crippen molar-refractivity contribution < 1.29 is 4.74 Å². The van der Waals surface area contributed by atoms with Crippen molar-refractivity contribution in [1.82, 2.24) is 14.6 Å². The van der Waals surface area contributed by atoms with Crippen LogP contribution in [-0.2, 0) is 6.54 Å². The molecule has 0 amide bonds. The van der Waals surface area contributed by atoms with E-state index in [1.165, 1.54) is 43.2 Å². The van der Waals surface area contributed by atoms with Gasteiger partial charge in [0.1, 0.15) is 17.1 Å². The average Bonchev–Trinajstić information content (AvgIpc) is 3.07. The van der Waals surface area contributed by atoms with Crippen molar-refractivity contribution in [2.75, 3.05) is 17.9 Å². The molecule has 29 heavy (non-hydrogen) atoms. The van der Waals surface area contributed by atoms with Gasteiger partial charge in [-0.2, -0.15) is 0 Å². The Morgan fingerprint density at radius 3 is 2.45 bits per heavy atom. The average molecular weight is 394 g/mol. The van der Waals surface area contributed by atoms with Crippen LogP contribution < -0.4 is 15.5 Å². The molecule has 6 heteroatoms. The molecule has 1 aliphatic rings. The minimum absolute atomic E-state index is 0.517. The first-order chi connectivity index (χ1) is 14.1. The summed E-state index contributed by atoms with van der Waals surface area (Å²) >= 11 is 0. The lowest BCUT2D eigenvalue weighted by molar-refractivity contribution is 0.414. The van der Waals surface area contributed by atoms with E-state index in [-0.39, 0.29) is 0 Å². The molecular formula is C23H31N5O. The van der Waals surface area contributed by atoms with E-state index < -0.39 is 0 Å². The molecule has 4 rings (SSSR count). The van der Waals surface area contributed by atoms with Gasteiger partial charge in [-0.15, -0.1) is 0 Å². The number of hydrogen-bond donors (Lipinski definition) is 2.